The van der Waals surface area contributed by atoms with E-state index in [0.717, 1.165) is 11.3 Å². The summed E-state index contributed by atoms with van der Waals surface area (Å²) in [6.45, 7) is 2.67. The van der Waals surface area contributed by atoms with Gasteiger partial charge in [-0.15, -0.1) is 0 Å². The van der Waals surface area contributed by atoms with Gasteiger partial charge in [0.15, 0.2) is 0 Å². The van der Waals surface area contributed by atoms with Gasteiger partial charge in [-0.2, -0.15) is 0 Å². The maximum absolute atomic E-state index is 12.1. The van der Waals surface area contributed by atoms with E-state index >= 15 is 0 Å². The smallest absolute Gasteiger partial charge is 0.240 e. The second-order valence-corrected chi connectivity index (χ2v) is 6.24. The Labute approximate surface area is 124 Å². The molecule has 112 valence electrons. The molecular formula is C15H18N2O3S. The summed E-state index contributed by atoms with van der Waals surface area (Å²) in [5, 5.41) is 0. The van der Waals surface area contributed by atoms with Crippen LogP contribution in [-0.4, -0.2) is 15.0 Å². The third-order valence-electron chi connectivity index (χ3n) is 2.87. The Morgan fingerprint density at radius 3 is 2.52 bits per heavy atom. The Morgan fingerprint density at radius 1 is 1.14 bits per heavy atom. The number of rotatable bonds is 6. The maximum atomic E-state index is 12.1. The van der Waals surface area contributed by atoms with Crippen LogP contribution in [0.2, 0.25) is 0 Å². The van der Waals surface area contributed by atoms with E-state index < -0.39 is 10.0 Å². The lowest BCUT2D eigenvalue weighted by atomic mass is 10.2. The summed E-state index contributed by atoms with van der Waals surface area (Å²) in [5.41, 5.74) is 6.91. The van der Waals surface area contributed by atoms with Gasteiger partial charge >= 0.3 is 0 Å². The van der Waals surface area contributed by atoms with Gasteiger partial charge in [0.1, 0.15) is 5.75 Å². The predicted octanol–water partition coefficient (Wildman–Crippen LogP) is 2.15. The first kappa shape index (κ1) is 15.3. The van der Waals surface area contributed by atoms with Gasteiger partial charge in [0.2, 0.25) is 10.0 Å². The zero-order valence-electron chi connectivity index (χ0n) is 11.7. The van der Waals surface area contributed by atoms with Crippen LogP contribution < -0.4 is 15.2 Å². The summed E-state index contributed by atoms with van der Waals surface area (Å²) in [5.74, 6) is 0.724. The van der Waals surface area contributed by atoms with Crippen LogP contribution in [0.3, 0.4) is 0 Å². The maximum Gasteiger partial charge on any atom is 0.240 e. The topological polar surface area (TPSA) is 81.4 Å². The van der Waals surface area contributed by atoms with Crippen molar-refractivity contribution in [1.29, 1.82) is 0 Å². The Kier molecular flexibility index (Phi) is 4.82. The molecule has 0 heterocycles. The largest absolute Gasteiger partial charge is 0.494 e. The second kappa shape index (κ2) is 6.60. The van der Waals surface area contributed by atoms with Crippen LogP contribution in [0, 0.1) is 0 Å². The fourth-order valence-corrected chi connectivity index (χ4v) is 2.84. The van der Waals surface area contributed by atoms with E-state index in [-0.39, 0.29) is 11.4 Å². The Balaban J connectivity index is 2.08. The van der Waals surface area contributed by atoms with Crippen LogP contribution in [0.4, 0.5) is 5.69 Å². The van der Waals surface area contributed by atoms with Crippen molar-refractivity contribution in [3.63, 3.8) is 0 Å². The lowest BCUT2D eigenvalue weighted by Gasteiger charge is -2.09. The van der Waals surface area contributed by atoms with Gasteiger partial charge in [0.25, 0.3) is 0 Å². The number of anilines is 1. The second-order valence-electron chi connectivity index (χ2n) is 4.47. The first-order valence-electron chi connectivity index (χ1n) is 6.58. The van der Waals surface area contributed by atoms with Gasteiger partial charge in [0, 0.05) is 12.2 Å². The van der Waals surface area contributed by atoms with E-state index in [2.05, 4.69) is 4.72 Å². The summed E-state index contributed by atoms with van der Waals surface area (Å²) in [6, 6.07) is 13.4. The number of nitrogens with two attached hydrogens (primary N) is 1. The summed E-state index contributed by atoms with van der Waals surface area (Å²) in [7, 11) is -3.55. The quantitative estimate of drug-likeness (QED) is 0.801. The monoisotopic (exact) mass is 306 g/mol. The molecule has 0 unspecified atom stereocenters. The Morgan fingerprint density at radius 2 is 1.86 bits per heavy atom. The molecule has 0 saturated heterocycles. The van der Waals surface area contributed by atoms with Crippen molar-refractivity contribution in [2.45, 2.75) is 18.4 Å². The molecule has 0 aliphatic heterocycles. The number of nitrogens with one attached hydrogen (secondary N) is 1. The molecule has 2 aromatic rings. The molecule has 0 radical (unpaired) electrons. The lowest BCUT2D eigenvalue weighted by molar-refractivity contribution is 0.340. The highest BCUT2D eigenvalue weighted by Crippen LogP contribution is 2.15. The average Bonchev–Trinajstić information content (AvgIpc) is 2.47. The Hall–Kier alpha value is -2.05. The van der Waals surface area contributed by atoms with Gasteiger partial charge in [-0.3, -0.25) is 0 Å². The first-order valence-corrected chi connectivity index (χ1v) is 8.06. The van der Waals surface area contributed by atoms with Crippen LogP contribution in [0.1, 0.15) is 12.5 Å². The average molecular weight is 306 g/mol. The normalized spacial score (nSPS) is 11.3. The standard InChI is InChI=1S/C15H18N2O3S/c1-2-20-14-5-3-4-12(10-14)11-17-21(18,19)15-8-6-13(16)7-9-15/h3-10,17H,2,11,16H2,1H3. The molecule has 6 heteroatoms. The molecule has 0 amide bonds. The molecule has 0 fully saturated rings. The van der Waals surface area contributed by atoms with Crippen LogP contribution in [0.5, 0.6) is 5.75 Å². The summed E-state index contributed by atoms with van der Waals surface area (Å²) in [6.07, 6.45) is 0. The van der Waals surface area contributed by atoms with Crippen molar-refractivity contribution in [3.8, 4) is 5.75 Å². The highest BCUT2D eigenvalue weighted by Gasteiger charge is 2.13. The molecule has 2 rings (SSSR count). The number of hydrogen-bond acceptors (Lipinski definition) is 4. The number of hydrogen-bond donors (Lipinski definition) is 2. The molecule has 2 aromatic carbocycles. The number of ether oxygens (including phenoxy) is 1. The summed E-state index contributed by atoms with van der Waals surface area (Å²) < 4.78 is 32.2. The highest BCUT2D eigenvalue weighted by atomic mass is 32.2. The molecule has 0 aliphatic carbocycles. The third-order valence-corrected chi connectivity index (χ3v) is 4.28. The van der Waals surface area contributed by atoms with Crippen molar-refractivity contribution in [2.24, 2.45) is 0 Å². The molecular weight excluding hydrogens is 288 g/mol. The molecule has 5 nitrogen and oxygen atoms in total. The van der Waals surface area contributed by atoms with Gasteiger partial charge in [-0.25, -0.2) is 13.1 Å². The molecule has 21 heavy (non-hydrogen) atoms. The van der Waals surface area contributed by atoms with Crippen molar-refractivity contribution in [1.82, 2.24) is 4.72 Å². The zero-order valence-corrected chi connectivity index (χ0v) is 12.6. The van der Waals surface area contributed by atoms with Crippen LogP contribution >= 0.6 is 0 Å². The number of benzene rings is 2. The van der Waals surface area contributed by atoms with Gasteiger partial charge in [-0.05, 0) is 48.9 Å². The van der Waals surface area contributed by atoms with Gasteiger partial charge < -0.3 is 10.5 Å². The predicted molar refractivity (Wildman–Crippen MR) is 82.5 cm³/mol. The minimum absolute atomic E-state index is 0.192. The molecule has 0 bridgehead atoms. The van der Waals surface area contributed by atoms with Crippen molar-refractivity contribution in [2.75, 3.05) is 12.3 Å². The van der Waals surface area contributed by atoms with E-state index in [1.54, 1.807) is 12.1 Å². The Bertz CT molecular complexity index is 697. The third kappa shape index (κ3) is 4.21. The van der Waals surface area contributed by atoms with E-state index in [0.29, 0.717) is 12.3 Å². The van der Waals surface area contributed by atoms with Crippen LogP contribution in [-0.2, 0) is 16.6 Å². The number of nitrogen functional groups attached to an aromatic ring is 1. The minimum atomic E-state index is -3.55. The fraction of sp³-hybridized carbons (Fsp3) is 0.200. The van der Waals surface area contributed by atoms with Crippen LogP contribution in [0.25, 0.3) is 0 Å². The van der Waals surface area contributed by atoms with Gasteiger partial charge in [0.05, 0.1) is 11.5 Å². The van der Waals surface area contributed by atoms with E-state index in [1.807, 2.05) is 31.2 Å². The van der Waals surface area contributed by atoms with E-state index in [9.17, 15) is 8.42 Å². The molecule has 0 spiro atoms. The van der Waals surface area contributed by atoms with E-state index in [1.165, 1.54) is 12.1 Å². The zero-order chi connectivity index (χ0) is 15.3. The van der Waals surface area contributed by atoms with E-state index in [4.69, 9.17) is 10.5 Å². The molecule has 0 aliphatic rings. The minimum Gasteiger partial charge on any atom is -0.494 e. The summed E-state index contributed by atoms with van der Waals surface area (Å²) >= 11 is 0. The lowest BCUT2D eigenvalue weighted by Crippen LogP contribution is -2.23. The molecule has 3 N–H and O–H groups in total. The summed E-state index contributed by atoms with van der Waals surface area (Å²) in [4.78, 5) is 0.192. The highest BCUT2D eigenvalue weighted by molar-refractivity contribution is 7.89. The van der Waals surface area contributed by atoms with Gasteiger partial charge in [-0.1, -0.05) is 12.1 Å². The first-order chi connectivity index (χ1) is 10.0. The molecule has 0 saturated carbocycles. The fourth-order valence-electron chi connectivity index (χ4n) is 1.82. The number of sulfonamides is 1. The van der Waals surface area contributed by atoms with Crippen molar-refractivity contribution >= 4 is 15.7 Å². The van der Waals surface area contributed by atoms with Crippen molar-refractivity contribution < 1.29 is 13.2 Å². The molecule has 0 atom stereocenters. The SMILES string of the molecule is CCOc1cccc(CNS(=O)(=O)c2ccc(N)cc2)c1. The van der Waals surface area contributed by atoms with Crippen molar-refractivity contribution in [3.05, 3.63) is 54.1 Å². The molecule has 0 aromatic heterocycles. The van der Waals surface area contributed by atoms with Crippen LogP contribution in [0.15, 0.2) is 53.4 Å².